The lowest BCUT2D eigenvalue weighted by Crippen LogP contribution is -2.66. The van der Waals surface area contributed by atoms with Crippen LogP contribution in [0.3, 0.4) is 0 Å². The van der Waals surface area contributed by atoms with Crippen molar-refractivity contribution in [1.29, 1.82) is 0 Å². The molecule has 4 rings (SSSR count). The number of nitrogens with one attached hydrogen (secondary N) is 1. The number of carbonyl (C=O) groups excluding carboxylic acids is 3. The number of rotatable bonds is 8. The summed E-state index contributed by atoms with van der Waals surface area (Å²) in [5, 5.41) is 7.84. The number of hydrogen-bond acceptors (Lipinski definition) is 10. The van der Waals surface area contributed by atoms with Crippen LogP contribution in [0.2, 0.25) is 10.0 Å². The van der Waals surface area contributed by atoms with Gasteiger partial charge in [-0.25, -0.2) is 14.6 Å². The zero-order valence-electron chi connectivity index (χ0n) is 27.3. The van der Waals surface area contributed by atoms with Gasteiger partial charge < -0.3 is 24.3 Å². The number of hydrogen-bond donors (Lipinski definition) is 1. The van der Waals surface area contributed by atoms with Gasteiger partial charge in [0.05, 0.1) is 22.6 Å². The highest BCUT2D eigenvalue weighted by Gasteiger charge is 2.81. The number of aromatic nitrogens is 3. The van der Waals surface area contributed by atoms with Crippen molar-refractivity contribution in [2.24, 2.45) is 24.8 Å². The molecular weight excluding hydrogens is 643 g/mol. The maximum Gasteiger partial charge on any atom is 0.408 e. The highest BCUT2D eigenvalue weighted by Crippen LogP contribution is 2.67. The first-order valence-electron chi connectivity index (χ1n) is 14.7. The standard InChI is InChI=1S/C31H42Cl2N4O7S/c1-28(2,3)42-24(38)20-19-21(20)31(25(39)43-29(4,5)6,35-27(40)44-30(7,8)9)23(22(19)45-26-34-15-37(10)36-26)41-14-16-11-12-17(32)18(33)13-16/h11-13,15,19-23H,14H2,1-10H3,(H,35,40)/t19-,20-,21-,22-,23+,31+/m0/s1. The summed E-state index contributed by atoms with van der Waals surface area (Å²) in [7, 11) is 1.74. The fraction of sp³-hybridized carbons (Fsp3) is 0.645. The molecular formula is C31H42Cl2N4O7S. The third-order valence-corrected chi connectivity index (χ3v) is 9.06. The van der Waals surface area contributed by atoms with Gasteiger partial charge in [0.2, 0.25) is 5.16 Å². The number of benzene rings is 1. The van der Waals surface area contributed by atoms with Crippen LogP contribution < -0.4 is 5.32 Å². The molecule has 0 saturated heterocycles. The molecule has 11 nitrogen and oxygen atoms in total. The minimum absolute atomic E-state index is 0.00531. The van der Waals surface area contributed by atoms with E-state index < -0.39 is 69.5 Å². The third kappa shape index (κ3) is 8.25. The lowest BCUT2D eigenvalue weighted by atomic mass is 9.86. The van der Waals surface area contributed by atoms with Crippen LogP contribution in [0.1, 0.15) is 67.9 Å². The van der Waals surface area contributed by atoms with Gasteiger partial charge >= 0.3 is 18.0 Å². The van der Waals surface area contributed by atoms with Crippen molar-refractivity contribution >= 4 is 53.0 Å². The summed E-state index contributed by atoms with van der Waals surface area (Å²) in [5.74, 6) is -3.19. The summed E-state index contributed by atoms with van der Waals surface area (Å²) in [4.78, 5) is 46.1. The van der Waals surface area contributed by atoms with Crippen LogP contribution in [-0.4, -0.2) is 66.5 Å². The van der Waals surface area contributed by atoms with Crippen LogP contribution in [0.25, 0.3) is 0 Å². The van der Waals surface area contributed by atoms with Crippen LogP contribution >= 0.6 is 35.0 Å². The van der Waals surface area contributed by atoms with Crippen LogP contribution in [-0.2, 0) is 42.2 Å². The predicted molar refractivity (Wildman–Crippen MR) is 170 cm³/mol. The fourth-order valence-corrected chi connectivity index (χ4v) is 7.38. The largest absolute Gasteiger partial charge is 0.460 e. The number of amides is 1. The van der Waals surface area contributed by atoms with Gasteiger partial charge in [0.15, 0.2) is 5.54 Å². The van der Waals surface area contributed by atoms with Gasteiger partial charge in [0.1, 0.15) is 29.2 Å². The Bertz CT molecular complexity index is 1450. The second-order valence-corrected chi connectivity index (χ2v) is 16.4. The van der Waals surface area contributed by atoms with Gasteiger partial charge in [-0.2, -0.15) is 0 Å². The van der Waals surface area contributed by atoms with Crippen molar-refractivity contribution in [3.63, 3.8) is 0 Å². The number of esters is 2. The number of nitrogens with zero attached hydrogens (tertiary/aromatic N) is 3. The van der Waals surface area contributed by atoms with E-state index in [4.69, 9.17) is 42.1 Å². The maximum absolute atomic E-state index is 14.5. The molecule has 2 saturated carbocycles. The smallest absolute Gasteiger partial charge is 0.408 e. The van der Waals surface area contributed by atoms with E-state index in [-0.39, 0.29) is 6.61 Å². The second-order valence-electron chi connectivity index (χ2n) is 14.4. The first-order chi connectivity index (χ1) is 20.6. The van der Waals surface area contributed by atoms with E-state index in [0.717, 1.165) is 0 Å². The van der Waals surface area contributed by atoms with Gasteiger partial charge in [-0.1, -0.05) is 41.0 Å². The number of halogens is 2. The summed E-state index contributed by atoms with van der Waals surface area (Å²) in [6.45, 7) is 15.7. The molecule has 0 radical (unpaired) electrons. The van der Waals surface area contributed by atoms with Crippen LogP contribution in [0.15, 0.2) is 29.7 Å². The molecule has 2 aliphatic carbocycles. The lowest BCUT2D eigenvalue weighted by Gasteiger charge is -2.40. The van der Waals surface area contributed by atoms with E-state index in [0.29, 0.717) is 20.8 Å². The Labute approximate surface area is 278 Å². The summed E-state index contributed by atoms with van der Waals surface area (Å²) in [5.41, 5.74) is -3.76. The molecule has 1 heterocycles. The molecule has 0 aliphatic heterocycles. The second kappa shape index (κ2) is 12.6. The molecule has 0 unspecified atom stereocenters. The van der Waals surface area contributed by atoms with Gasteiger partial charge in [0.25, 0.3) is 0 Å². The molecule has 6 atom stereocenters. The van der Waals surface area contributed by atoms with Gasteiger partial charge in [-0.3, -0.25) is 9.48 Å². The fourth-order valence-electron chi connectivity index (χ4n) is 5.62. The first kappa shape index (κ1) is 35.3. The summed E-state index contributed by atoms with van der Waals surface area (Å²) in [6.07, 6.45) is -0.318. The molecule has 1 N–H and O–H groups in total. The summed E-state index contributed by atoms with van der Waals surface area (Å²) in [6, 6.07) is 5.08. The number of ether oxygens (including phenoxy) is 4. The topological polar surface area (TPSA) is 131 Å². The highest BCUT2D eigenvalue weighted by molar-refractivity contribution is 7.99. The van der Waals surface area contributed by atoms with E-state index in [9.17, 15) is 14.4 Å². The van der Waals surface area contributed by atoms with Crippen molar-refractivity contribution in [3.8, 4) is 0 Å². The Balaban J connectivity index is 1.86. The van der Waals surface area contributed by atoms with Crippen LogP contribution in [0.5, 0.6) is 0 Å². The Hall–Kier alpha value is -2.54. The van der Waals surface area contributed by atoms with E-state index >= 15 is 0 Å². The van der Waals surface area contributed by atoms with Crippen molar-refractivity contribution in [1.82, 2.24) is 20.1 Å². The van der Waals surface area contributed by atoms with Crippen molar-refractivity contribution < 1.29 is 33.3 Å². The van der Waals surface area contributed by atoms with Crippen molar-refractivity contribution in [2.45, 2.75) is 108 Å². The molecule has 1 aromatic heterocycles. The lowest BCUT2D eigenvalue weighted by molar-refractivity contribution is -0.173. The molecule has 2 aliphatic rings. The Morgan fingerprint density at radius 3 is 2.11 bits per heavy atom. The Morgan fingerprint density at radius 2 is 1.58 bits per heavy atom. The molecule has 2 fully saturated rings. The summed E-state index contributed by atoms with van der Waals surface area (Å²) < 4.78 is 25.6. The van der Waals surface area contributed by atoms with Crippen molar-refractivity contribution in [3.05, 3.63) is 40.1 Å². The maximum atomic E-state index is 14.5. The molecule has 2 aromatic rings. The van der Waals surface area contributed by atoms with Crippen molar-refractivity contribution in [2.75, 3.05) is 0 Å². The first-order valence-corrected chi connectivity index (χ1v) is 16.3. The average Bonchev–Trinajstić information content (AvgIpc) is 3.38. The van der Waals surface area contributed by atoms with Gasteiger partial charge in [-0.05, 0) is 85.9 Å². The number of thioether (sulfide) groups is 1. The van der Waals surface area contributed by atoms with E-state index in [2.05, 4.69) is 15.4 Å². The van der Waals surface area contributed by atoms with Crippen LogP contribution in [0, 0.1) is 17.8 Å². The molecule has 14 heteroatoms. The Morgan fingerprint density at radius 1 is 0.956 bits per heavy atom. The number of alkyl carbamates (subject to hydrolysis) is 1. The molecule has 0 bridgehead atoms. The molecule has 45 heavy (non-hydrogen) atoms. The quantitative estimate of drug-likeness (QED) is 0.261. The van der Waals surface area contributed by atoms with E-state index in [1.807, 2.05) is 0 Å². The van der Waals surface area contributed by atoms with E-state index in [1.54, 1.807) is 98.6 Å². The third-order valence-electron chi connectivity index (χ3n) is 7.08. The molecule has 1 amide bonds. The molecule has 248 valence electrons. The van der Waals surface area contributed by atoms with Gasteiger partial charge in [-0.15, -0.1) is 5.10 Å². The Kier molecular flexibility index (Phi) is 9.87. The minimum Gasteiger partial charge on any atom is -0.460 e. The van der Waals surface area contributed by atoms with E-state index in [1.165, 1.54) is 11.8 Å². The van der Waals surface area contributed by atoms with Gasteiger partial charge in [0, 0.05) is 18.2 Å². The molecule has 1 aromatic carbocycles. The number of carbonyl (C=O) groups is 3. The zero-order valence-corrected chi connectivity index (χ0v) is 29.6. The predicted octanol–water partition coefficient (Wildman–Crippen LogP) is 5.99. The molecule has 0 spiro atoms. The average molecular weight is 686 g/mol. The number of fused-ring (bicyclic) bond motifs is 1. The minimum atomic E-state index is -1.84. The monoisotopic (exact) mass is 684 g/mol. The highest BCUT2D eigenvalue weighted by atomic mass is 35.5. The zero-order chi connectivity index (χ0) is 33.7. The normalized spacial score (nSPS) is 26.2. The number of aryl methyl sites for hydroxylation is 1. The SMILES string of the molecule is Cn1cnc(S[C@H]2[C@H]3[C@H](C(=O)OC(C)(C)C)[C@H]3[C@](NC(=O)OC(C)(C)C)(C(=O)OC(C)(C)C)[C@@H]2OCc2ccc(Cl)c(Cl)c2)n1. The summed E-state index contributed by atoms with van der Waals surface area (Å²) >= 11 is 13.7. The van der Waals surface area contributed by atoms with Crippen LogP contribution in [0.4, 0.5) is 4.79 Å².